The maximum Gasteiger partial charge on any atom is 0.359 e. The van der Waals surface area contributed by atoms with Crippen LogP contribution in [0.2, 0.25) is 0 Å². The molecule has 0 spiro atoms. The van der Waals surface area contributed by atoms with Crippen molar-refractivity contribution in [1.29, 1.82) is 0 Å². The molecule has 1 saturated carbocycles. The molecule has 11 nitrogen and oxygen atoms in total. The number of benzene rings is 1. The Morgan fingerprint density at radius 1 is 1.26 bits per heavy atom. The number of carbonyl (C=O) groups is 2. The zero-order valence-electron chi connectivity index (χ0n) is 18.6. The fraction of sp³-hybridized carbons (Fsp3) is 0.409. The van der Waals surface area contributed by atoms with Crippen molar-refractivity contribution >= 4 is 38.4 Å². The smallest absolute Gasteiger partial charge is 0.359 e. The molecule has 2 aromatic heterocycles. The zero-order chi connectivity index (χ0) is 24.2. The predicted octanol–water partition coefficient (Wildman–Crippen LogP) is 1.64. The van der Waals surface area contributed by atoms with Crippen molar-refractivity contribution in [3.63, 3.8) is 0 Å². The SMILES string of the molecule is COC(=O)c1nn(CC(=O)c2ccc3c(c2)CCCN3S(C)(=O)=O)c(=O)c2noc(C3CC3)c12. The third-order valence-electron chi connectivity index (χ3n) is 6.11. The molecule has 0 amide bonds. The van der Waals surface area contributed by atoms with Crippen molar-refractivity contribution in [2.45, 2.75) is 38.1 Å². The molecule has 2 aliphatic rings. The number of Topliss-reactive ketones (excluding diaryl/α,β-unsaturated/α-hetero) is 1. The van der Waals surface area contributed by atoms with Crippen LogP contribution < -0.4 is 9.86 Å². The first kappa shape index (κ1) is 22.3. The van der Waals surface area contributed by atoms with E-state index < -0.39 is 33.9 Å². The van der Waals surface area contributed by atoms with Gasteiger partial charge in [-0.1, -0.05) is 5.16 Å². The molecule has 0 atom stereocenters. The largest absolute Gasteiger partial charge is 0.464 e. The summed E-state index contributed by atoms with van der Waals surface area (Å²) in [6.45, 7) is -0.0473. The Bertz CT molecular complexity index is 1500. The zero-order valence-corrected chi connectivity index (χ0v) is 19.4. The third-order valence-corrected chi connectivity index (χ3v) is 7.29. The molecular weight excluding hydrogens is 464 g/mol. The highest BCUT2D eigenvalue weighted by molar-refractivity contribution is 7.92. The van der Waals surface area contributed by atoms with Crippen molar-refractivity contribution < 1.29 is 27.3 Å². The lowest BCUT2D eigenvalue weighted by Gasteiger charge is -2.29. The monoisotopic (exact) mass is 486 g/mol. The van der Waals surface area contributed by atoms with E-state index in [2.05, 4.69) is 10.3 Å². The lowest BCUT2D eigenvalue weighted by atomic mass is 9.99. The summed E-state index contributed by atoms with van der Waals surface area (Å²) in [4.78, 5) is 38.5. The van der Waals surface area contributed by atoms with Gasteiger partial charge in [0.2, 0.25) is 10.0 Å². The van der Waals surface area contributed by atoms with Crippen LogP contribution in [0.15, 0.2) is 27.5 Å². The molecule has 5 rings (SSSR count). The number of ketones is 1. The Labute approximate surface area is 194 Å². The normalized spacial score (nSPS) is 15.9. The average Bonchev–Trinajstić information content (AvgIpc) is 3.56. The minimum atomic E-state index is -3.43. The Kier molecular flexibility index (Phi) is 5.27. The number of anilines is 1. The van der Waals surface area contributed by atoms with E-state index >= 15 is 0 Å². The van der Waals surface area contributed by atoms with Crippen LogP contribution in [0.3, 0.4) is 0 Å². The van der Waals surface area contributed by atoms with Crippen LogP contribution in [0.25, 0.3) is 10.9 Å². The van der Waals surface area contributed by atoms with E-state index in [9.17, 15) is 22.8 Å². The van der Waals surface area contributed by atoms with Gasteiger partial charge in [0.1, 0.15) is 12.3 Å². The van der Waals surface area contributed by atoms with Gasteiger partial charge in [0.05, 0.1) is 24.4 Å². The van der Waals surface area contributed by atoms with Crippen molar-refractivity contribution in [3.8, 4) is 0 Å². The van der Waals surface area contributed by atoms with E-state index in [1.54, 1.807) is 12.1 Å². The maximum absolute atomic E-state index is 13.0. The van der Waals surface area contributed by atoms with Crippen LogP contribution in [-0.2, 0) is 27.7 Å². The molecule has 1 aliphatic carbocycles. The fourth-order valence-corrected chi connectivity index (χ4v) is 5.29. The van der Waals surface area contributed by atoms with E-state index in [0.29, 0.717) is 36.4 Å². The molecule has 34 heavy (non-hydrogen) atoms. The lowest BCUT2D eigenvalue weighted by Crippen LogP contribution is -2.34. The number of fused-ring (bicyclic) bond motifs is 2. The van der Waals surface area contributed by atoms with Crippen LogP contribution in [0, 0.1) is 0 Å². The van der Waals surface area contributed by atoms with Gasteiger partial charge in [-0.05, 0) is 49.4 Å². The summed E-state index contributed by atoms with van der Waals surface area (Å²) in [6.07, 6.45) is 4.13. The van der Waals surface area contributed by atoms with Crippen molar-refractivity contribution in [1.82, 2.24) is 14.9 Å². The maximum atomic E-state index is 13.0. The van der Waals surface area contributed by atoms with Crippen LogP contribution in [0.5, 0.6) is 0 Å². The summed E-state index contributed by atoms with van der Waals surface area (Å²) in [5.41, 5.74) is 0.750. The van der Waals surface area contributed by atoms with Gasteiger partial charge in [0, 0.05) is 18.0 Å². The van der Waals surface area contributed by atoms with Crippen LogP contribution in [0.1, 0.15) is 57.4 Å². The van der Waals surface area contributed by atoms with Gasteiger partial charge >= 0.3 is 5.97 Å². The first-order valence-corrected chi connectivity index (χ1v) is 12.7. The summed E-state index contributed by atoms with van der Waals surface area (Å²) in [5, 5.41) is 8.22. The van der Waals surface area contributed by atoms with E-state index in [1.807, 2.05) is 0 Å². The highest BCUT2D eigenvalue weighted by Crippen LogP contribution is 2.43. The van der Waals surface area contributed by atoms with Gasteiger partial charge in [-0.2, -0.15) is 5.10 Å². The molecule has 3 aromatic rings. The van der Waals surface area contributed by atoms with Crippen molar-refractivity contribution in [2.75, 3.05) is 24.2 Å². The number of aromatic nitrogens is 3. The summed E-state index contributed by atoms with van der Waals surface area (Å²) < 4.78 is 36.5. The summed E-state index contributed by atoms with van der Waals surface area (Å²) >= 11 is 0. The number of methoxy groups -OCH3 is 1. The standard InChI is InChI=1S/C22H22N4O7S/c1-32-22(29)19-17-18(24-33-20(17)12-5-6-12)21(28)25(23-19)11-16(27)14-7-8-15-13(10-14)4-3-9-26(15)34(2,30)31/h7-8,10,12H,3-6,9,11H2,1-2H3. The highest BCUT2D eigenvalue weighted by atomic mass is 32.2. The number of carbonyl (C=O) groups excluding carboxylic acids is 2. The summed E-state index contributed by atoms with van der Waals surface area (Å²) in [6, 6.07) is 4.76. The summed E-state index contributed by atoms with van der Waals surface area (Å²) in [7, 11) is -2.23. The second-order valence-electron chi connectivity index (χ2n) is 8.55. The first-order chi connectivity index (χ1) is 16.2. The Morgan fingerprint density at radius 3 is 2.71 bits per heavy atom. The van der Waals surface area contributed by atoms with Crippen molar-refractivity contribution in [2.24, 2.45) is 0 Å². The number of ether oxygens (including phenoxy) is 1. The molecule has 0 radical (unpaired) electrons. The number of hydrogen-bond donors (Lipinski definition) is 0. The minimum Gasteiger partial charge on any atom is -0.464 e. The molecule has 0 bridgehead atoms. The molecule has 178 valence electrons. The Balaban J connectivity index is 1.51. The molecule has 0 N–H and O–H groups in total. The van der Waals surface area contributed by atoms with E-state index in [1.165, 1.54) is 17.5 Å². The van der Waals surface area contributed by atoms with Gasteiger partial charge in [-0.3, -0.25) is 13.9 Å². The van der Waals surface area contributed by atoms with Gasteiger partial charge in [0.15, 0.2) is 17.0 Å². The average molecular weight is 487 g/mol. The number of aryl methyl sites for hydroxylation is 1. The topological polar surface area (TPSA) is 142 Å². The molecule has 1 aliphatic heterocycles. The molecular formula is C22H22N4O7S. The van der Waals surface area contributed by atoms with Crippen LogP contribution >= 0.6 is 0 Å². The van der Waals surface area contributed by atoms with E-state index in [4.69, 9.17) is 9.26 Å². The van der Waals surface area contributed by atoms with E-state index in [0.717, 1.165) is 29.3 Å². The Morgan fingerprint density at radius 2 is 2.03 bits per heavy atom. The molecule has 1 fully saturated rings. The Hall–Kier alpha value is -3.54. The molecule has 12 heteroatoms. The summed E-state index contributed by atoms with van der Waals surface area (Å²) in [5.74, 6) is -0.668. The van der Waals surface area contributed by atoms with Crippen LogP contribution in [-0.4, -0.2) is 55.0 Å². The van der Waals surface area contributed by atoms with Gasteiger partial charge in [0.25, 0.3) is 5.56 Å². The van der Waals surface area contributed by atoms with Gasteiger partial charge in [-0.25, -0.2) is 17.9 Å². The highest BCUT2D eigenvalue weighted by Gasteiger charge is 2.34. The number of esters is 1. The first-order valence-electron chi connectivity index (χ1n) is 10.8. The fourth-order valence-electron chi connectivity index (χ4n) is 4.29. The quantitative estimate of drug-likeness (QED) is 0.375. The van der Waals surface area contributed by atoms with Crippen molar-refractivity contribution in [3.05, 3.63) is 51.1 Å². The second-order valence-corrected chi connectivity index (χ2v) is 10.5. The molecule has 0 unspecified atom stereocenters. The predicted molar refractivity (Wildman–Crippen MR) is 121 cm³/mol. The third kappa shape index (κ3) is 3.77. The number of hydrogen-bond acceptors (Lipinski definition) is 9. The van der Waals surface area contributed by atoms with E-state index in [-0.39, 0.29) is 22.5 Å². The molecule has 0 saturated heterocycles. The minimum absolute atomic E-state index is 0.0701. The number of rotatable bonds is 6. The lowest BCUT2D eigenvalue weighted by molar-refractivity contribution is 0.0592. The number of nitrogens with zero attached hydrogens (tertiary/aromatic N) is 4. The molecule has 3 heterocycles. The van der Waals surface area contributed by atoms with Crippen LogP contribution in [0.4, 0.5) is 5.69 Å². The number of sulfonamides is 1. The van der Waals surface area contributed by atoms with Gasteiger partial charge in [-0.15, -0.1) is 0 Å². The van der Waals surface area contributed by atoms with Gasteiger partial charge < -0.3 is 9.26 Å². The second kappa shape index (κ2) is 8.05. The molecule has 1 aromatic carbocycles.